The van der Waals surface area contributed by atoms with Crippen molar-refractivity contribution in [2.24, 2.45) is 0 Å². The van der Waals surface area contributed by atoms with Gasteiger partial charge in [-0.3, -0.25) is 9.59 Å². The Morgan fingerprint density at radius 3 is 2.52 bits per heavy atom. The van der Waals surface area contributed by atoms with Crippen LogP contribution in [0, 0.1) is 5.82 Å². The van der Waals surface area contributed by atoms with Crippen molar-refractivity contribution in [3.05, 3.63) is 59.5 Å². The molecule has 0 saturated carbocycles. The van der Waals surface area contributed by atoms with E-state index in [1.54, 1.807) is 0 Å². The average Bonchev–Trinajstić information content (AvgIpc) is 3.03. The second-order valence-electron chi connectivity index (χ2n) is 6.92. The van der Waals surface area contributed by atoms with Gasteiger partial charge in [-0.2, -0.15) is 0 Å². The van der Waals surface area contributed by atoms with E-state index in [4.69, 9.17) is 9.47 Å². The van der Waals surface area contributed by atoms with Gasteiger partial charge in [0, 0.05) is 5.69 Å². The Kier molecular flexibility index (Phi) is 6.91. The maximum absolute atomic E-state index is 13.0. The van der Waals surface area contributed by atoms with E-state index < -0.39 is 42.3 Å². The molecule has 0 spiro atoms. The summed E-state index contributed by atoms with van der Waals surface area (Å²) in [4.78, 5) is 48.6. The molecule has 0 radical (unpaired) electrons. The maximum atomic E-state index is 13.0. The lowest BCUT2D eigenvalue weighted by molar-refractivity contribution is -0.312. The van der Waals surface area contributed by atoms with Gasteiger partial charge in [-0.25, -0.2) is 14.1 Å². The Labute approximate surface area is 187 Å². The molecule has 1 heterocycles. The first-order valence-corrected chi connectivity index (χ1v) is 9.63. The zero-order valence-corrected chi connectivity index (χ0v) is 17.6. The van der Waals surface area contributed by atoms with Crippen LogP contribution in [-0.4, -0.2) is 48.5 Å². The van der Waals surface area contributed by atoms with Crippen LogP contribution in [0.1, 0.15) is 12.5 Å². The Morgan fingerprint density at radius 2 is 1.88 bits per heavy atom. The zero-order chi connectivity index (χ0) is 24.1. The van der Waals surface area contributed by atoms with E-state index in [1.165, 1.54) is 50.4 Å². The molecular weight excluding hydrogens is 437 g/mol. The number of imide groups is 1. The van der Waals surface area contributed by atoms with E-state index in [0.717, 1.165) is 17.0 Å². The number of hydrogen-bond acceptors (Lipinski definition) is 7. The lowest BCUT2D eigenvalue weighted by Crippen LogP contribution is -2.38. The minimum atomic E-state index is -1.40. The van der Waals surface area contributed by atoms with Crippen LogP contribution in [-0.2, 0) is 14.4 Å². The maximum Gasteiger partial charge on any atom is 0.329 e. The number of ether oxygens (including phenoxy) is 2. The number of carboxylic acid groups (broad SMARTS) is 1. The van der Waals surface area contributed by atoms with E-state index in [9.17, 15) is 28.7 Å². The van der Waals surface area contributed by atoms with Crippen LogP contribution in [0.4, 0.5) is 14.9 Å². The lowest BCUT2D eigenvalue weighted by atomic mass is 10.1. The molecule has 10 nitrogen and oxygen atoms in total. The quantitative estimate of drug-likeness (QED) is 0.444. The Bertz CT molecular complexity index is 1130. The number of carbonyl (C=O) groups is 4. The van der Waals surface area contributed by atoms with Gasteiger partial charge >= 0.3 is 6.03 Å². The van der Waals surface area contributed by atoms with Crippen LogP contribution in [0.25, 0.3) is 6.08 Å². The normalized spacial score (nSPS) is 15.2. The summed E-state index contributed by atoms with van der Waals surface area (Å²) in [5.74, 6) is -2.88. The van der Waals surface area contributed by atoms with Crippen LogP contribution in [0.5, 0.6) is 11.5 Å². The molecule has 0 aliphatic carbocycles. The number of benzene rings is 2. The lowest BCUT2D eigenvalue weighted by Gasteiger charge is -2.17. The molecule has 0 bridgehead atoms. The van der Waals surface area contributed by atoms with Gasteiger partial charge in [0.25, 0.3) is 5.91 Å². The van der Waals surface area contributed by atoms with Gasteiger partial charge in [0.2, 0.25) is 5.91 Å². The van der Waals surface area contributed by atoms with Crippen LogP contribution >= 0.6 is 0 Å². The zero-order valence-electron chi connectivity index (χ0n) is 17.6. The highest BCUT2D eigenvalue weighted by Crippen LogP contribution is 2.30. The van der Waals surface area contributed by atoms with Gasteiger partial charge in [0.15, 0.2) is 11.5 Å². The number of aliphatic carboxylic acids is 1. The van der Waals surface area contributed by atoms with Gasteiger partial charge < -0.3 is 30.0 Å². The topological polar surface area (TPSA) is 137 Å². The van der Waals surface area contributed by atoms with Gasteiger partial charge in [0.1, 0.15) is 24.2 Å². The highest BCUT2D eigenvalue weighted by atomic mass is 19.1. The third-order valence-corrected chi connectivity index (χ3v) is 4.53. The first-order chi connectivity index (χ1) is 15.7. The van der Waals surface area contributed by atoms with Crippen LogP contribution < -0.4 is 25.2 Å². The molecule has 2 aromatic rings. The van der Waals surface area contributed by atoms with E-state index in [1.807, 2.05) is 0 Å². The van der Waals surface area contributed by atoms with E-state index in [-0.39, 0.29) is 17.2 Å². The number of rotatable bonds is 8. The van der Waals surface area contributed by atoms with Crippen molar-refractivity contribution in [3.63, 3.8) is 0 Å². The van der Waals surface area contributed by atoms with Crippen LogP contribution in [0.2, 0.25) is 0 Å². The third-order valence-electron chi connectivity index (χ3n) is 4.53. The number of halogens is 1. The molecule has 1 aliphatic heterocycles. The number of nitrogens with one attached hydrogen (secondary N) is 2. The van der Waals surface area contributed by atoms with Crippen molar-refractivity contribution in [2.75, 3.05) is 19.0 Å². The minimum absolute atomic E-state index is 0.0755. The van der Waals surface area contributed by atoms with Crippen molar-refractivity contribution in [3.8, 4) is 11.5 Å². The molecule has 0 aromatic heterocycles. The molecule has 4 amide bonds. The molecule has 3 rings (SSSR count). The van der Waals surface area contributed by atoms with E-state index in [2.05, 4.69) is 10.6 Å². The standard InChI is InChI=1S/C22H20FN3O7/c1-12(21(29)30)33-17-8-3-13(10-18(17)32-2)9-16-20(28)26(22(31)25-16)11-19(27)24-15-6-4-14(23)5-7-15/h3-10,12H,11H2,1-2H3,(H,24,27)(H,25,31)(H,29,30)/p-1/b16-9-/t12-/m0/s1. The van der Waals surface area contributed by atoms with Crippen LogP contribution in [0.3, 0.4) is 0 Å². The molecule has 0 unspecified atom stereocenters. The smallest absolute Gasteiger partial charge is 0.329 e. The number of hydrogen-bond donors (Lipinski definition) is 2. The third kappa shape index (κ3) is 5.64. The molecular formula is C22H19FN3O7-. The fourth-order valence-corrected chi connectivity index (χ4v) is 2.87. The summed E-state index contributed by atoms with van der Waals surface area (Å²) in [5, 5.41) is 15.7. The molecule has 2 N–H and O–H groups in total. The first-order valence-electron chi connectivity index (χ1n) is 9.63. The summed E-state index contributed by atoms with van der Waals surface area (Å²) >= 11 is 0. The molecule has 1 aliphatic rings. The van der Waals surface area contributed by atoms with Gasteiger partial charge in [0.05, 0.1) is 13.1 Å². The van der Waals surface area contributed by atoms with Crippen molar-refractivity contribution in [1.29, 1.82) is 0 Å². The predicted octanol–water partition coefficient (Wildman–Crippen LogP) is 0.883. The highest BCUT2D eigenvalue weighted by Gasteiger charge is 2.35. The number of carboxylic acids is 1. The minimum Gasteiger partial charge on any atom is -0.546 e. The number of anilines is 1. The van der Waals surface area contributed by atoms with E-state index >= 15 is 0 Å². The SMILES string of the molecule is COc1cc(/C=C2\NC(=O)N(CC(=O)Nc3ccc(F)cc3)C2=O)ccc1O[C@@H](C)C(=O)[O-]. The van der Waals surface area contributed by atoms with Crippen LogP contribution in [0.15, 0.2) is 48.2 Å². The number of urea groups is 1. The number of carbonyl (C=O) groups excluding carboxylic acids is 4. The molecule has 1 saturated heterocycles. The Balaban J connectivity index is 1.71. The molecule has 1 fully saturated rings. The summed E-state index contributed by atoms with van der Waals surface area (Å²) in [6, 6.07) is 8.68. The summed E-state index contributed by atoms with van der Waals surface area (Å²) in [7, 11) is 1.35. The monoisotopic (exact) mass is 456 g/mol. The van der Waals surface area contributed by atoms with Crippen molar-refractivity contribution < 1.29 is 38.1 Å². The number of methoxy groups -OCH3 is 1. The van der Waals surface area contributed by atoms with Gasteiger partial charge in [-0.1, -0.05) is 6.07 Å². The highest BCUT2D eigenvalue weighted by molar-refractivity contribution is 6.15. The summed E-state index contributed by atoms with van der Waals surface area (Å²) in [5.41, 5.74) is 0.682. The van der Waals surface area contributed by atoms with E-state index in [0.29, 0.717) is 11.3 Å². The van der Waals surface area contributed by atoms with Crippen molar-refractivity contribution in [1.82, 2.24) is 10.2 Å². The second-order valence-corrected chi connectivity index (χ2v) is 6.92. The van der Waals surface area contributed by atoms with Gasteiger partial charge in [-0.05, 0) is 55.0 Å². The van der Waals surface area contributed by atoms with Gasteiger partial charge in [-0.15, -0.1) is 0 Å². The van der Waals surface area contributed by atoms with Crippen molar-refractivity contribution in [2.45, 2.75) is 13.0 Å². The molecule has 2 aromatic carbocycles. The summed E-state index contributed by atoms with van der Waals surface area (Å²) in [6.45, 7) is 0.759. The molecule has 33 heavy (non-hydrogen) atoms. The summed E-state index contributed by atoms with van der Waals surface area (Å²) in [6.07, 6.45) is 0.153. The number of nitrogens with zero attached hydrogens (tertiary/aromatic N) is 1. The Morgan fingerprint density at radius 1 is 1.18 bits per heavy atom. The molecule has 1 atom stereocenters. The fourth-order valence-electron chi connectivity index (χ4n) is 2.87. The molecule has 11 heteroatoms. The fraction of sp³-hybridized carbons (Fsp3) is 0.182. The summed E-state index contributed by atoms with van der Waals surface area (Å²) < 4.78 is 23.4. The second kappa shape index (κ2) is 9.81. The Hall–Kier alpha value is -4.41. The number of amides is 4. The van der Waals surface area contributed by atoms with Crippen molar-refractivity contribution >= 4 is 35.6 Å². The first kappa shape index (κ1) is 23.3. The molecule has 172 valence electrons. The average molecular weight is 456 g/mol. The predicted molar refractivity (Wildman–Crippen MR) is 111 cm³/mol. The largest absolute Gasteiger partial charge is 0.546 e.